The highest BCUT2D eigenvalue weighted by molar-refractivity contribution is 5.91. The lowest BCUT2D eigenvalue weighted by Gasteiger charge is -2.21. The van der Waals surface area contributed by atoms with Crippen molar-refractivity contribution in [1.29, 1.82) is 0 Å². The van der Waals surface area contributed by atoms with Gasteiger partial charge in [0.25, 0.3) is 5.69 Å². The lowest BCUT2D eigenvalue weighted by molar-refractivity contribution is -0.384. The number of halogens is 3. The molecule has 0 spiro atoms. The first-order valence-corrected chi connectivity index (χ1v) is 7.03. The fourth-order valence-corrected chi connectivity index (χ4v) is 2.59. The minimum atomic E-state index is -4.95. The molecule has 1 aromatic rings. The van der Waals surface area contributed by atoms with Crippen LogP contribution in [0.25, 0.3) is 0 Å². The largest absolute Gasteiger partial charge is 0.471 e. The Hall–Kier alpha value is -2.65. The van der Waals surface area contributed by atoms with Crippen molar-refractivity contribution in [2.24, 2.45) is 0 Å². The van der Waals surface area contributed by atoms with E-state index in [0.29, 0.717) is 16.0 Å². The van der Waals surface area contributed by atoms with Crippen LogP contribution in [-0.4, -0.2) is 40.9 Å². The molecule has 2 rings (SSSR count). The second kappa shape index (κ2) is 6.46. The van der Waals surface area contributed by atoms with Gasteiger partial charge in [0.1, 0.15) is 5.69 Å². The summed E-state index contributed by atoms with van der Waals surface area (Å²) in [6.45, 7) is 0.865. The molecule has 0 unspecified atom stereocenters. The van der Waals surface area contributed by atoms with Crippen molar-refractivity contribution in [2.45, 2.75) is 25.9 Å². The summed E-state index contributed by atoms with van der Waals surface area (Å²) >= 11 is 0. The Bertz CT molecular complexity index is 703. The molecule has 0 aliphatic carbocycles. The Labute approximate surface area is 134 Å². The Morgan fingerprint density at radius 1 is 1.21 bits per heavy atom. The van der Waals surface area contributed by atoms with Gasteiger partial charge in [-0.25, -0.2) is 0 Å². The third-order valence-corrected chi connectivity index (χ3v) is 3.66. The molecular formula is C14H14F3N3O4. The van der Waals surface area contributed by atoms with Crippen molar-refractivity contribution in [1.82, 2.24) is 4.90 Å². The van der Waals surface area contributed by atoms with E-state index < -0.39 is 22.9 Å². The molecule has 0 aromatic heterocycles. The molecule has 0 bridgehead atoms. The Balaban J connectivity index is 2.32. The monoisotopic (exact) mass is 345 g/mol. The van der Waals surface area contributed by atoms with Crippen LogP contribution in [0.15, 0.2) is 12.1 Å². The molecule has 0 fully saturated rings. The highest BCUT2D eigenvalue weighted by Crippen LogP contribution is 2.31. The van der Waals surface area contributed by atoms with Crippen molar-refractivity contribution in [3.8, 4) is 0 Å². The van der Waals surface area contributed by atoms with Crippen LogP contribution in [-0.2, 0) is 22.4 Å². The number of carbonyl (C=O) groups is 2. The van der Waals surface area contributed by atoms with Crippen LogP contribution < -0.4 is 5.32 Å². The molecule has 1 aromatic carbocycles. The summed E-state index contributed by atoms with van der Waals surface area (Å²) in [6, 6.07) is 2.62. The van der Waals surface area contributed by atoms with Crippen LogP contribution in [0.5, 0.6) is 0 Å². The van der Waals surface area contributed by atoms with Crippen LogP contribution >= 0.6 is 0 Å². The van der Waals surface area contributed by atoms with Gasteiger partial charge >= 0.3 is 12.1 Å². The summed E-state index contributed by atoms with van der Waals surface area (Å²) in [7, 11) is 0. The molecule has 0 atom stereocenters. The fraction of sp³-hybridized carbons (Fsp3) is 0.429. The first kappa shape index (κ1) is 17.7. The molecule has 1 N–H and O–H groups in total. The summed E-state index contributed by atoms with van der Waals surface area (Å²) in [5, 5.41) is 13.5. The molecule has 0 radical (unpaired) electrons. The van der Waals surface area contributed by atoms with E-state index in [0.717, 1.165) is 0 Å². The van der Waals surface area contributed by atoms with Gasteiger partial charge in [0, 0.05) is 26.1 Å². The van der Waals surface area contributed by atoms with Gasteiger partial charge < -0.3 is 10.2 Å². The van der Waals surface area contributed by atoms with Crippen LogP contribution in [0.3, 0.4) is 0 Å². The number of nitro benzene ring substituents is 1. The predicted octanol–water partition coefficient (Wildman–Crippen LogP) is 2.04. The van der Waals surface area contributed by atoms with Crippen molar-refractivity contribution in [3.63, 3.8) is 0 Å². The van der Waals surface area contributed by atoms with Crippen LogP contribution in [0.1, 0.15) is 18.1 Å². The third-order valence-electron chi connectivity index (χ3n) is 3.66. The number of benzene rings is 1. The Morgan fingerprint density at radius 3 is 2.21 bits per heavy atom. The molecule has 0 saturated heterocycles. The lowest BCUT2D eigenvalue weighted by atomic mass is 10.0. The maximum atomic E-state index is 12.5. The Kier molecular flexibility index (Phi) is 4.76. The zero-order valence-electron chi connectivity index (χ0n) is 12.6. The van der Waals surface area contributed by atoms with Gasteiger partial charge in [-0.15, -0.1) is 0 Å². The molecule has 10 heteroatoms. The first-order valence-electron chi connectivity index (χ1n) is 7.03. The average Bonchev–Trinajstić information content (AvgIpc) is 2.66. The number of amides is 2. The van der Waals surface area contributed by atoms with E-state index >= 15 is 0 Å². The number of rotatable bonds is 2. The van der Waals surface area contributed by atoms with Gasteiger partial charge in [0.2, 0.25) is 5.91 Å². The predicted molar refractivity (Wildman–Crippen MR) is 77.4 cm³/mol. The normalized spacial score (nSPS) is 14.6. The number of fused-ring (bicyclic) bond motifs is 1. The fourth-order valence-electron chi connectivity index (χ4n) is 2.59. The number of nitrogens with zero attached hydrogens (tertiary/aromatic N) is 2. The van der Waals surface area contributed by atoms with Gasteiger partial charge in [-0.1, -0.05) is 0 Å². The molecule has 1 heterocycles. The number of carbonyl (C=O) groups excluding carboxylic acids is 2. The number of hydrogen-bond acceptors (Lipinski definition) is 4. The highest BCUT2D eigenvalue weighted by Gasteiger charge is 2.42. The molecule has 2 amide bonds. The topological polar surface area (TPSA) is 92.5 Å². The third kappa shape index (κ3) is 3.81. The number of nitrogens with one attached hydrogen (secondary N) is 1. The van der Waals surface area contributed by atoms with Crippen molar-refractivity contribution in [2.75, 3.05) is 18.4 Å². The quantitative estimate of drug-likeness (QED) is 0.656. The number of alkyl halides is 3. The second-order valence-electron chi connectivity index (χ2n) is 5.37. The zero-order valence-corrected chi connectivity index (χ0v) is 12.6. The number of hydrogen-bond donors (Lipinski definition) is 1. The highest BCUT2D eigenvalue weighted by atomic mass is 19.4. The minimum Gasteiger partial charge on any atom is -0.334 e. The minimum absolute atomic E-state index is 0.0122. The van der Waals surface area contributed by atoms with Gasteiger partial charge in [-0.05, 0) is 30.0 Å². The van der Waals surface area contributed by atoms with E-state index in [4.69, 9.17) is 0 Å². The SMILES string of the molecule is CC(=O)Nc1cc2c(cc1[N+](=O)[O-])CCN(C(=O)C(F)(F)F)CC2. The van der Waals surface area contributed by atoms with Crippen LogP contribution in [0, 0.1) is 10.1 Å². The molecule has 24 heavy (non-hydrogen) atoms. The van der Waals surface area contributed by atoms with E-state index in [1.807, 2.05) is 0 Å². The summed E-state index contributed by atoms with van der Waals surface area (Å²) in [6.07, 6.45) is -4.77. The van der Waals surface area contributed by atoms with Gasteiger partial charge in [-0.3, -0.25) is 19.7 Å². The van der Waals surface area contributed by atoms with Gasteiger partial charge in [0.15, 0.2) is 0 Å². The Morgan fingerprint density at radius 2 is 1.75 bits per heavy atom. The number of anilines is 1. The molecular weight excluding hydrogens is 331 g/mol. The van der Waals surface area contributed by atoms with Crippen molar-refractivity contribution in [3.05, 3.63) is 33.4 Å². The van der Waals surface area contributed by atoms with E-state index in [1.54, 1.807) is 0 Å². The summed E-state index contributed by atoms with van der Waals surface area (Å²) in [4.78, 5) is 33.6. The molecule has 1 aliphatic rings. The number of nitro groups is 1. The van der Waals surface area contributed by atoms with Gasteiger partial charge in [-0.2, -0.15) is 13.2 Å². The summed E-state index contributed by atoms with van der Waals surface area (Å²) < 4.78 is 37.6. The van der Waals surface area contributed by atoms with E-state index in [2.05, 4.69) is 5.32 Å². The zero-order chi connectivity index (χ0) is 18.1. The smallest absolute Gasteiger partial charge is 0.334 e. The van der Waals surface area contributed by atoms with Gasteiger partial charge in [0.05, 0.1) is 4.92 Å². The summed E-state index contributed by atoms with van der Waals surface area (Å²) in [5.74, 6) is -2.42. The average molecular weight is 345 g/mol. The van der Waals surface area contributed by atoms with E-state index in [-0.39, 0.29) is 37.3 Å². The van der Waals surface area contributed by atoms with Crippen LogP contribution in [0.2, 0.25) is 0 Å². The second-order valence-corrected chi connectivity index (χ2v) is 5.37. The van der Waals surface area contributed by atoms with Crippen molar-refractivity contribution >= 4 is 23.2 Å². The van der Waals surface area contributed by atoms with Crippen LogP contribution in [0.4, 0.5) is 24.5 Å². The van der Waals surface area contributed by atoms with E-state index in [1.165, 1.54) is 19.1 Å². The standard InChI is InChI=1S/C14H14F3N3O4/c1-8(21)18-11-6-9-2-4-19(13(22)14(15,16)17)5-3-10(9)7-12(11)20(23)24/h6-7H,2-5H2,1H3,(H,18,21). The lowest BCUT2D eigenvalue weighted by Crippen LogP contribution is -2.42. The molecule has 130 valence electrons. The molecule has 7 nitrogen and oxygen atoms in total. The van der Waals surface area contributed by atoms with E-state index in [9.17, 15) is 32.9 Å². The molecule has 1 aliphatic heterocycles. The summed E-state index contributed by atoms with van der Waals surface area (Å²) in [5.41, 5.74) is 0.719. The maximum absolute atomic E-state index is 12.5. The van der Waals surface area contributed by atoms with Crippen molar-refractivity contribution < 1.29 is 27.7 Å². The molecule has 0 saturated carbocycles. The first-order chi connectivity index (χ1) is 11.1. The maximum Gasteiger partial charge on any atom is 0.471 e.